The van der Waals surface area contributed by atoms with E-state index in [4.69, 9.17) is 18.0 Å². The Kier molecular flexibility index (Phi) is 5.01. The highest BCUT2D eigenvalue weighted by Gasteiger charge is 1.95. The summed E-state index contributed by atoms with van der Waals surface area (Å²) in [5, 5.41) is 3.09. The second kappa shape index (κ2) is 6.32. The van der Waals surface area contributed by atoms with Crippen molar-refractivity contribution in [2.45, 2.75) is 6.42 Å². The molecule has 0 aliphatic heterocycles. The molecule has 1 rings (SSSR count). The average Bonchev–Trinajstić information content (AvgIpc) is 2.25. The van der Waals surface area contributed by atoms with Crippen LogP contribution in [0.4, 0.5) is 0 Å². The molecule has 3 heteroatoms. The monoisotopic (exact) mass is 220 g/mol. The molecule has 3 N–H and O–H groups in total. The van der Waals surface area contributed by atoms with Gasteiger partial charge >= 0.3 is 0 Å². The molecule has 0 aromatic heterocycles. The topological polar surface area (TPSA) is 38.0 Å². The Labute approximate surface area is 96.2 Å². The molecule has 0 spiro atoms. The van der Waals surface area contributed by atoms with E-state index < -0.39 is 0 Å². The first kappa shape index (κ1) is 11.9. The van der Waals surface area contributed by atoms with Gasteiger partial charge in [0.25, 0.3) is 0 Å². The van der Waals surface area contributed by atoms with Crippen LogP contribution < -0.4 is 11.1 Å². The summed E-state index contributed by atoms with van der Waals surface area (Å²) in [4.78, 5) is 0.445. The summed E-state index contributed by atoms with van der Waals surface area (Å²) >= 11 is 4.92. The third-order valence-electron chi connectivity index (χ3n) is 2.04. The molecule has 0 atom stereocenters. The van der Waals surface area contributed by atoms with E-state index in [1.807, 2.05) is 31.3 Å². The quantitative estimate of drug-likeness (QED) is 0.588. The van der Waals surface area contributed by atoms with E-state index in [-0.39, 0.29) is 0 Å². The Morgan fingerprint density at radius 1 is 1.53 bits per heavy atom. The van der Waals surface area contributed by atoms with Gasteiger partial charge in [-0.15, -0.1) is 0 Å². The van der Waals surface area contributed by atoms with Gasteiger partial charge < -0.3 is 11.1 Å². The number of benzene rings is 1. The zero-order valence-corrected chi connectivity index (χ0v) is 9.68. The summed E-state index contributed by atoms with van der Waals surface area (Å²) in [6, 6.07) is 7.93. The van der Waals surface area contributed by atoms with Gasteiger partial charge in [0.15, 0.2) is 0 Å². The van der Waals surface area contributed by atoms with Crippen LogP contribution in [0, 0.1) is 0 Å². The van der Waals surface area contributed by atoms with Gasteiger partial charge in [-0.1, -0.05) is 42.6 Å². The summed E-state index contributed by atoms with van der Waals surface area (Å²) in [7, 11) is 1.95. The van der Waals surface area contributed by atoms with Gasteiger partial charge in [0.1, 0.15) is 4.99 Å². The number of nitrogens with one attached hydrogen (secondary N) is 1. The molecule has 0 radical (unpaired) electrons. The van der Waals surface area contributed by atoms with Gasteiger partial charge in [-0.2, -0.15) is 0 Å². The van der Waals surface area contributed by atoms with Crippen molar-refractivity contribution in [2.75, 3.05) is 13.6 Å². The first-order valence-corrected chi connectivity index (χ1v) is 5.36. The second-order valence-corrected chi connectivity index (χ2v) is 3.72. The zero-order valence-electron chi connectivity index (χ0n) is 8.86. The first-order valence-electron chi connectivity index (χ1n) is 4.95. The third kappa shape index (κ3) is 4.23. The number of nitrogens with two attached hydrogens (primary N) is 1. The summed E-state index contributed by atoms with van der Waals surface area (Å²) in [5.41, 5.74) is 7.61. The number of rotatable bonds is 5. The maximum absolute atomic E-state index is 5.56. The SMILES string of the molecule is CNCCC=Cc1cccc(C(N)=S)c1. The molecule has 1 aromatic rings. The van der Waals surface area contributed by atoms with Crippen molar-refractivity contribution in [1.29, 1.82) is 0 Å². The molecule has 80 valence electrons. The van der Waals surface area contributed by atoms with Gasteiger partial charge in [0, 0.05) is 5.56 Å². The Balaban J connectivity index is 2.65. The molecule has 0 unspecified atom stereocenters. The minimum Gasteiger partial charge on any atom is -0.389 e. The Morgan fingerprint density at radius 3 is 3.00 bits per heavy atom. The van der Waals surface area contributed by atoms with Crippen molar-refractivity contribution in [3.8, 4) is 0 Å². The van der Waals surface area contributed by atoms with Crippen LogP contribution in [0.3, 0.4) is 0 Å². The lowest BCUT2D eigenvalue weighted by Gasteiger charge is -1.99. The summed E-state index contributed by atoms with van der Waals surface area (Å²) < 4.78 is 0. The smallest absolute Gasteiger partial charge is 0.104 e. The fourth-order valence-corrected chi connectivity index (χ4v) is 1.37. The van der Waals surface area contributed by atoms with Crippen molar-refractivity contribution in [3.63, 3.8) is 0 Å². The molecule has 1 aromatic carbocycles. The molecule has 2 nitrogen and oxygen atoms in total. The van der Waals surface area contributed by atoms with Gasteiger partial charge in [-0.25, -0.2) is 0 Å². The second-order valence-electron chi connectivity index (χ2n) is 3.28. The van der Waals surface area contributed by atoms with Gasteiger partial charge in [-0.05, 0) is 31.6 Å². The molecule has 0 amide bonds. The van der Waals surface area contributed by atoms with Gasteiger partial charge in [-0.3, -0.25) is 0 Å². The third-order valence-corrected chi connectivity index (χ3v) is 2.28. The normalized spacial score (nSPS) is 10.7. The predicted molar refractivity (Wildman–Crippen MR) is 69.9 cm³/mol. The van der Waals surface area contributed by atoms with Crippen molar-refractivity contribution >= 4 is 23.3 Å². The molecule has 0 heterocycles. The Hall–Kier alpha value is -1.19. The maximum atomic E-state index is 5.56. The van der Waals surface area contributed by atoms with E-state index >= 15 is 0 Å². The summed E-state index contributed by atoms with van der Waals surface area (Å²) in [5.74, 6) is 0. The average molecular weight is 220 g/mol. The van der Waals surface area contributed by atoms with Crippen LogP contribution in [0.25, 0.3) is 6.08 Å². The lowest BCUT2D eigenvalue weighted by Crippen LogP contribution is -2.08. The summed E-state index contributed by atoms with van der Waals surface area (Å²) in [6.45, 7) is 0.992. The van der Waals surface area contributed by atoms with E-state index in [0.717, 1.165) is 24.1 Å². The lowest BCUT2D eigenvalue weighted by molar-refractivity contribution is 0.809. The summed E-state index contributed by atoms with van der Waals surface area (Å²) in [6.07, 6.45) is 5.24. The van der Waals surface area contributed by atoms with Crippen molar-refractivity contribution in [1.82, 2.24) is 5.32 Å². The largest absolute Gasteiger partial charge is 0.389 e. The van der Waals surface area contributed by atoms with E-state index in [1.165, 1.54) is 0 Å². The van der Waals surface area contributed by atoms with Crippen LogP contribution in [0.1, 0.15) is 17.5 Å². The first-order chi connectivity index (χ1) is 7.24. The van der Waals surface area contributed by atoms with Gasteiger partial charge in [0.05, 0.1) is 0 Å². The lowest BCUT2D eigenvalue weighted by atomic mass is 10.1. The van der Waals surface area contributed by atoms with Gasteiger partial charge in [0.2, 0.25) is 0 Å². The van der Waals surface area contributed by atoms with Crippen LogP contribution in [0.15, 0.2) is 30.3 Å². The maximum Gasteiger partial charge on any atom is 0.104 e. The van der Waals surface area contributed by atoms with Crippen LogP contribution >= 0.6 is 12.2 Å². The van der Waals surface area contributed by atoms with Crippen molar-refractivity contribution in [2.24, 2.45) is 5.73 Å². The fourth-order valence-electron chi connectivity index (χ4n) is 1.24. The zero-order chi connectivity index (χ0) is 11.1. The van der Waals surface area contributed by atoms with Crippen LogP contribution in [0.2, 0.25) is 0 Å². The molecule has 0 aliphatic rings. The van der Waals surface area contributed by atoms with E-state index in [9.17, 15) is 0 Å². The van der Waals surface area contributed by atoms with Crippen molar-refractivity contribution < 1.29 is 0 Å². The number of hydrogen-bond acceptors (Lipinski definition) is 2. The molecule has 15 heavy (non-hydrogen) atoms. The number of hydrogen-bond donors (Lipinski definition) is 2. The van der Waals surface area contributed by atoms with E-state index in [0.29, 0.717) is 4.99 Å². The molecular weight excluding hydrogens is 204 g/mol. The van der Waals surface area contributed by atoms with Crippen LogP contribution in [-0.2, 0) is 0 Å². The van der Waals surface area contributed by atoms with E-state index in [2.05, 4.69) is 17.5 Å². The van der Waals surface area contributed by atoms with Crippen molar-refractivity contribution in [3.05, 3.63) is 41.5 Å². The highest BCUT2D eigenvalue weighted by Crippen LogP contribution is 2.07. The minimum atomic E-state index is 0.445. The Bertz CT molecular complexity index is 358. The highest BCUT2D eigenvalue weighted by atomic mass is 32.1. The molecule has 0 saturated heterocycles. The molecule has 0 fully saturated rings. The van der Waals surface area contributed by atoms with E-state index in [1.54, 1.807) is 0 Å². The molecule has 0 bridgehead atoms. The van der Waals surface area contributed by atoms with Crippen LogP contribution in [0.5, 0.6) is 0 Å². The molecule has 0 saturated carbocycles. The predicted octanol–water partition coefficient (Wildman–Crippen LogP) is 1.94. The van der Waals surface area contributed by atoms with Crippen LogP contribution in [-0.4, -0.2) is 18.6 Å². The minimum absolute atomic E-state index is 0.445. The highest BCUT2D eigenvalue weighted by molar-refractivity contribution is 7.80. The standard InChI is InChI=1S/C12H16N2S/c1-14-8-3-2-5-10-6-4-7-11(9-10)12(13)15/h2,4-7,9,14H,3,8H2,1H3,(H2,13,15). The number of thiocarbonyl (C=S) groups is 1. The Morgan fingerprint density at radius 2 is 2.33 bits per heavy atom. The molecule has 0 aliphatic carbocycles. The fraction of sp³-hybridized carbons (Fsp3) is 0.250. The molecular formula is C12H16N2S.